The number of aliphatic hydroxyl groups is 1. The van der Waals surface area contributed by atoms with Gasteiger partial charge in [0.05, 0.1) is 6.10 Å². The summed E-state index contributed by atoms with van der Waals surface area (Å²) in [5.74, 6) is 0.285. The molecule has 1 saturated heterocycles. The van der Waals surface area contributed by atoms with Gasteiger partial charge in [-0.3, -0.25) is 9.69 Å². The van der Waals surface area contributed by atoms with Gasteiger partial charge in [-0.2, -0.15) is 0 Å². The second-order valence-corrected chi connectivity index (χ2v) is 7.11. The lowest BCUT2D eigenvalue weighted by Gasteiger charge is -2.27. The Labute approximate surface area is 164 Å². The van der Waals surface area contributed by atoms with Crippen LogP contribution in [0, 0.1) is 5.82 Å². The number of ether oxygens (including phenoxy) is 2. The average molecular weight is 387 g/mol. The molecule has 0 amide bonds. The van der Waals surface area contributed by atoms with Crippen LogP contribution in [0.4, 0.5) is 4.39 Å². The predicted molar refractivity (Wildman–Crippen MR) is 104 cm³/mol. The highest BCUT2D eigenvalue weighted by atomic mass is 19.1. The quantitative estimate of drug-likeness (QED) is 0.635. The first kappa shape index (κ1) is 20.5. The molecule has 2 aromatic rings. The van der Waals surface area contributed by atoms with Crippen molar-refractivity contribution >= 4 is 6.29 Å². The summed E-state index contributed by atoms with van der Waals surface area (Å²) >= 11 is 0. The summed E-state index contributed by atoms with van der Waals surface area (Å²) in [5, 5.41) is 10.5. The molecule has 2 aromatic carbocycles. The number of nitrogens with zero attached hydrogens (tertiary/aromatic N) is 1. The monoisotopic (exact) mass is 387 g/mol. The highest BCUT2D eigenvalue weighted by Gasteiger charge is 2.21. The van der Waals surface area contributed by atoms with Gasteiger partial charge in [-0.25, -0.2) is 4.39 Å². The lowest BCUT2D eigenvalue weighted by molar-refractivity contribution is 0.0313. The third kappa shape index (κ3) is 6.41. The van der Waals surface area contributed by atoms with Crippen molar-refractivity contribution in [1.82, 2.24) is 4.90 Å². The summed E-state index contributed by atoms with van der Waals surface area (Å²) in [5.41, 5.74) is 1.51. The Morgan fingerprint density at radius 2 is 2.11 bits per heavy atom. The molecule has 0 aliphatic carbocycles. The summed E-state index contributed by atoms with van der Waals surface area (Å²) in [6.07, 6.45) is 2.26. The molecular formula is C22H26FNO4. The Morgan fingerprint density at radius 1 is 1.29 bits per heavy atom. The van der Waals surface area contributed by atoms with Gasteiger partial charge in [-0.15, -0.1) is 0 Å². The van der Waals surface area contributed by atoms with E-state index in [1.54, 1.807) is 36.4 Å². The van der Waals surface area contributed by atoms with Crippen molar-refractivity contribution in [3.8, 4) is 5.75 Å². The molecule has 1 heterocycles. The zero-order valence-corrected chi connectivity index (χ0v) is 15.8. The van der Waals surface area contributed by atoms with Crippen LogP contribution in [0.1, 0.15) is 28.8 Å². The maximum absolute atomic E-state index is 13.2. The Kier molecular flexibility index (Phi) is 7.54. The van der Waals surface area contributed by atoms with Crippen molar-refractivity contribution in [2.45, 2.75) is 31.6 Å². The number of carbonyl (C=O) groups is 1. The van der Waals surface area contributed by atoms with Gasteiger partial charge in [-0.05, 0) is 42.7 Å². The highest BCUT2D eigenvalue weighted by molar-refractivity contribution is 5.75. The van der Waals surface area contributed by atoms with Gasteiger partial charge in [0.2, 0.25) is 0 Å². The Hall–Kier alpha value is -2.28. The Morgan fingerprint density at radius 3 is 2.82 bits per heavy atom. The number of aliphatic hydroxyl groups excluding tert-OH is 1. The molecule has 28 heavy (non-hydrogen) atoms. The first-order valence-corrected chi connectivity index (χ1v) is 9.57. The van der Waals surface area contributed by atoms with Gasteiger partial charge in [0.25, 0.3) is 0 Å². The molecule has 0 radical (unpaired) electrons. The number of carbonyl (C=O) groups excluding carboxylic acids is 1. The van der Waals surface area contributed by atoms with Crippen LogP contribution in [-0.2, 0) is 11.3 Å². The molecule has 0 bridgehead atoms. The van der Waals surface area contributed by atoms with E-state index in [2.05, 4.69) is 4.90 Å². The normalized spacial score (nSPS) is 17.6. The maximum atomic E-state index is 13.2. The molecule has 5 nitrogen and oxygen atoms in total. The zero-order valence-electron chi connectivity index (χ0n) is 15.8. The van der Waals surface area contributed by atoms with E-state index in [-0.39, 0.29) is 18.5 Å². The summed E-state index contributed by atoms with van der Waals surface area (Å²) in [6.45, 7) is 2.60. The van der Waals surface area contributed by atoms with E-state index >= 15 is 0 Å². The summed E-state index contributed by atoms with van der Waals surface area (Å²) < 4.78 is 24.5. The molecule has 6 heteroatoms. The van der Waals surface area contributed by atoms with E-state index in [1.165, 1.54) is 12.1 Å². The van der Waals surface area contributed by atoms with Crippen molar-refractivity contribution in [2.75, 3.05) is 26.3 Å². The molecule has 2 atom stereocenters. The first-order valence-electron chi connectivity index (χ1n) is 9.57. The molecule has 1 aliphatic heterocycles. The van der Waals surface area contributed by atoms with Crippen LogP contribution < -0.4 is 4.74 Å². The second kappa shape index (κ2) is 10.3. The third-order valence-corrected chi connectivity index (χ3v) is 4.71. The van der Waals surface area contributed by atoms with Crippen LogP contribution in [0.15, 0.2) is 48.5 Å². The number of hydrogen-bond donors (Lipinski definition) is 1. The van der Waals surface area contributed by atoms with Crippen molar-refractivity contribution in [2.24, 2.45) is 0 Å². The topological polar surface area (TPSA) is 59.0 Å². The van der Waals surface area contributed by atoms with E-state index < -0.39 is 6.10 Å². The number of aldehydes is 1. The van der Waals surface area contributed by atoms with E-state index in [0.717, 1.165) is 31.3 Å². The van der Waals surface area contributed by atoms with Crippen LogP contribution in [0.25, 0.3) is 0 Å². The van der Waals surface area contributed by atoms with Gasteiger partial charge in [0.15, 0.2) is 0 Å². The van der Waals surface area contributed by atoms with Crippen LogP contribution in [0.5, 0.6) is 5.75 Å². The Balaban J connectivity index is 1.56. The molecule has 1 aliphatic rings. The SMILES string of the molecule is O=Cc1cccc(OCC(O)CN(Cc2ccc(F)cc2)CC2CCCO2)c1. The molecule has 1 N–H and O–H groups in total. The minimum atomic E-state index is -0.707. The summed E-state index contributed by atoms with van der Waals surface area (Å²) in [6, 6.07) is 13.2. The van der Waals surface area contributed by atoms with Gasteiger partial charge >= 0.3 is 0 Å². The van der Waals surface area contributed by atoms with Gasteiger partial charge < -0.3 is 14.6 Å². The third-order valence-electron chi connectivity index (χ3n) is 4.71. The number of halogens is 1. The molecular weight excluding hydrogens is 361 g/mol. The zero-order chi connectivity index (χ0) is 19.8. The fourth-order valence-corrected chi connectivity index (χ4v) is 3.35. The van der Waals surface area contributed by atoms with Crippen LogP contribution in [-0.4, -0.2) is 54.8 Å². The molecule has 2 unspecified atom stereocenters. The number of hydrogen-bond acceptors (Lipinski definition) is 5. The molecule has 0 aromatic heterocycles. The lowest BCUT2D eigenvalue weighted by atomic mass is 10.1. The van der Waals surface area contributed by atoms with Crippen molar-refractivity contribution in [1.29, 1.82) is 0 Å². The minimum absolute atomic E-state index is 0.119. The summed E-state index contributed by atoms with van der Waals surface area (Å²) in [7, 11) is 0. The van der Waals surface area contributed by atoms with Crippen molar-refractivity contribution < 1.29 is 23.8 Å². The lowest BCUT2D eigenvalue weighted by Crippen LogP contribution is -2.39. The van der Waals surface area contributed by atoms with Gasteiger partial charge in [0.1, 0.15) is 30.6 Å². The second-order valence-electron chi connectivity index (χ2n) is 7.11. The number of rotatable bonds is 10. The molecule has 3 rings (SSSR count). The van der Waals surface area contributed by atoms with Gasteiger partial charge in [0, 0.05) is 31.8 Å². The standard InChI is InChI=1S/C22H26FNO4/c23-19-8-6-17(7-9-19)12-24(14-22-5-2-10-27-22)13-20(26)16-28-21-4-1-3-18(11-21)15-25/h1,3-4,6-9,11,15,20,22,26H,2,5,10,12-14,16H2. The van der Waals surface area contributed by atoms with Crippen LogP contribution in [0.3, 0.4) is 0 Å². The van der Waals surface area contributed by atoms with Crippen molar-refractivity contribution in [3.63, 3.8) is 0 Å². The number of benzene rings is 2. The maximum Gasteiger partial charge on any atom is 0.150 e. The smallest absolute Gasteiger partial charge is 0.150 e. The fraction of sp³-hybridized carbons (Fsp3) is 0.409. The first-order chi connectivity index (χ1) is 13.6. The molecule has 0 saturated carbocycles. The Bertz CT molecular complexity index is 746. The molecule has 1 fully saturated rings. The van der Waals surface area contributed by atoms with E-state index in [1.807, 2.05) is 0 Å². The van der Waals surface area contributed by atoms with Crippen LogP contribution in [0.2, 0.25) is 0 Å². The van der Waals surface area contributed by atoms with Crippen molar-refractivity contribution in [3.05, 3.63) is 65.5 Å². The fourth-order valence-electron chi connectivity index (χ4n) is 3.35. The average Bonchev–Trinajstić information content (AvgIpc) is 3.21. The summed E-state index contributed by atoms with van der Waals surface area (Å²) in [4.78, 5) is 13.0. The minimum Gasteiger partial charge on any atom is -0.491 e. The van der Waals surface area contributed by atoms with Crippen LogP contribution >= 0.6 is 0 Å². The van der Waals surface area contributed by atoms with E-state index in [9.17, 15) is 14.3 Å². The molecule has 150 valence electrons. The van der Waals surface area contributed by atoms with Gasteiger partial charge in [-0.1, -0.05) is 24.3 Å². The predicted octanol–water partition coefficient (Wildman–Crippen LogP) is 3.06. The van der Waals surface area contributed by atoms with E-state index in [4.69, 9.17) is 9.47 Å². The largest absolute Gasteiger partial charge is 0.491 e. The van der Waals surface area contributed by atoms with E-state index in [0.29, 0.717) is 30.9 Å². The highest BCUT2D eigenvalue weighted by Crippen LogP contribution is 2.17. The molecule has 0 spiro atoms.